The smallest absolute Gasteiger partial charge is 0.292 e. The van der Waals surface area contributed by atoms with Gasteiger partial charge in [-0.3, -0.25) is 0 Å². The molecule has 32 heavy (non-hydrogen) atoms. The molecule has 2 aromatic heterocycles. The molecule has 6 aromatic rings. The Morgan fingerprint density at radius 2 is 1.56 bits per heavy atom. The van der Waals surface area contributed by atoms with Gasteiger partial charge in [0, 0.05) is 10.8 Å². The third-order valence-corrected chi connectivity index (χ3v) is 6.41. The average molecular weight is 421 g/mol. The summed E-state index contributed by atoms with van der Waals surface area (Å²) < 4.78 is 25.9. The Bertz CT molecular complexity index is 1650. The molecule has 3 nitrogen and oxygen atoms in total. The quantitative estimate of drug-likeness (QED) is 0.286. The van der Waals surface area contributed by atoms with Crippen molar-refractivity contribution in [3.8, 4) is 22.5 Å². The van der Waals surface area contributed by atoms with E-state index in [-0.39, 0.29) is 5.82 Å². The Labute approximate surface area is 184 Å². The third kappa shape index (κ3) is 2.62. The van der Waals surface area contributed by atoms with E-state index in [2.05, 4.69) is 34.3 Å². The van der Waals surface area contributed by atoms with Crippen LogP contribution in [-0.2, 0) is 14.1 Å². The van der Waals surface area contributed by atoms with Gasteiger partial charge in [-0.25, -0.2) is 13.5 Å². The first-order valence-corrected chi connectivity index (χ1v) is 10.7. The highest BCUT2D eigenvalue weighted by Crippen LogP contribution is 2.41. The maximum Gasteiger partial charge on any atom is 0.292 e. The van der Waals surface area contributed by atoms with Gasteiger partial charge in [0.1, 0.15) is 29.4 Å². The molecule has 0 amide bonds. The molecule has 156 valence electrons. The molecule has 0 saturated carbocycles. The number of benzene rings is 4. The summed E-state index contributed by atoms with van der Waals surface area (Å²) in [6, 6.07) is 21.7. The normalized spacial score (nSPS) is 11.8. The topological polar surface area (TPSA) is 21.9 Å². The average Bonchev–Trinajstić information content (AvgIpc) is 3.33. The van der Waals surface area contributed by atoms with Crippen LogP contribution in [0.5, 0.6) is 0 Å². The number of rotatable bonds is 2. The third-order valence-electron chi connectivity index (χ3n) is 6.41. The molecule has 0 atom stereocenters. The van der Waals surface area contributed by atoms with E-state index in [0.29, 0.717) is 11.1 Å². The van der Waals surface area contributed by atoms with Gasteiger partial charge in [-0.1, -0.05) is 48.5 Å². The molecule has 2 heterocycles. The van der Waals surface area contributed by atoms with Gasteiger partial charge in [-0.05, 0) is 47.0 Å². The van der Waals surface area contributed by atoms with Gasteiger partial charge in [-0.2, -0.15) is 0 Å². The number of aryl methyl sites for hydroxylation is 3. The molecule has 6 rings (SSSR count). The van der Waals surface area contributed by atoms with Crippen molar-refractivity contribution in [3.63, 3.8) is 0 Å². The predicted octanol–water partition coefficient (Wildman–Crippen LogP) is 6.68. The van der Waals surface area contributed by atoms with Crippen molar-refractivity contribution in [2.24, 2.45) is 14.1 Å². The summed E-state index contributed by atoms with van der Waals surface area (Å²) in [7, 11) is 4.05. The molecule has 0 aliphatic heterocycles. The minimum absolute atomic E-state index is 0.283. The zero-order valence-corrected chi connectivity index (χ0v) is 18.2. The van der Waals surface area contributed by atoms with Gasteiger partial charge < -0.3 is 4.42 Å². The van der Waals surface area contributed by atoms with Crippen molar-refractivity contribution in [1.29, 1.82) is 0 Å². The first-order chi connectivity index (χ1) is 15.5. The lowest BCUT2D eigenvalue weighted by atomic mass is 9.98. The molecular formula is C28H22FN2O+. The second kappa shape index (κ2) is 6.79. The fourth-order valence-corrected chi connectivity index (χ4v) is 4.81. The van der Waals surface area contributed by atoms with Crippen LogP contribution in [0.1, 0.15) is 5.56 Å². The van der Waals surface area contributed by atoms with Gasteiger partial charge in [0.2, 0.25) is 0 Å². The van der Waals surface area contributed by atoms with Crippen LogP contribution < -0.4 is 4.57 Å². The Morgan fingerprint density at radius 1 is 0.844 bits per heavy atom. The van der Waals surface area contributed by atoms with Crippen molar-refractivity contribution in [3.05, 3.63) is 90.5 Å². The first kappa shape index (κ1) is 18.8. The lowest BCUT2D eigenvalue weighted by Gasteiger charge is -2.06. The fourth-order valence-electron chi connectivity index (χ4n) is 4.81. The first-order valence-electron chi connectivity index (χ1n) is 10.7. The van der Waals surface area contributed by atoms with Gasteiger partial charge >= 0.3 is 0 Å². The monoisotopic (exact) mass is 421 g/mol. The fraction of sp³-hybridized carbons (Fsp3) is 0.107. The molecule has 0 N–H and O–H groups in total. The molecule has 0 spiro atoms. The minimum atomic E-state index is -0.283. The summed E-state index contributed by atoms with van der Waals surface area (Å²) in [5, 5.41) is 4.11. The van der Waals surface area contributed by atoms with Gasteiger partial charge in [0.25, 0.3) is 5.82 Å². The highest BCUT2D eigenvalue weighted by atomic mass is 19.1. The molecular weight excluding hydrogens is 399 g/mol. The van der Waals surface area contributed by atoms with Crippen LogP contribution in [-0.4, -0.2) is 4.57 Å². The van der Waals surface area contributed by atoms with E-state index in [1.807, 2.05) is 69.0 Å². The lowest BCUT2D eigenvalue weighted by molar-refractivity contribution is -0.659. The van der Waals surface area contributed by atoms with Crippen LogP contribution in [0.15, 0.2) is 83.5 Å². The Hall–Kier alpha value is -3.92. The molecule has 0 aliphatic rings. The van der Waals surface area contributed by atoms with E-state index in [1.165, 1.54) is 0 Å². The number of nitrogens with zero attached hydrogens (tertiary/aromatic N) is 2. The highest BCUT2D eigenvalue weighted by molar-refractivity contribution is 6.13. The van der Waals surface area contributed by atoms with Gasteiger partial charge in [0.15, 0.2) is 5.58 Å². The van der Waals surface area contributed by atoms with Crippen LogP contribution >= 0.6 is 0 Å². The van der Waals surface area contributed by atoms with Crippen molar-refractivity contribution in [2.45, 2.75) is 6.92 Å². The highest BCUT2D eigenvalue weighted by Gasteiger charge is 2.25. The second-order valence-electron chi connectivity index (χ2n) is 8.44. The summed E-state index contributed by atoms with van der Waals surface area (Å²) in [5.41, 5.74) is 4.82. The van der Waals surface area contributed by atoms with Crippen LogP contribution in [0.4, 0.5) is 4.39 Å². The summed E-state index contributed by atoms with van der Waals surface area (Å²) in [5.74, 6) is 0.759. The van der Waals surface area contributed by atoms with Crippen LogP contribution in [0, 0.1) is 12.7 Å². The number of hydrogen-bond donors (Lipinski definition) is 0. The maximum absolute atomic E-state index is 15.2. The number of furan rings is 1. The van der Waals surface area contributed by atoms with Crippen molar-refractivity contribution >= 4 is 32.7 Å². The minimum Gasteiger partial charge on any atom is -0.454 e. The van der Waals surface area contributed by atoms with Crippen LogP contribution in [0.3, 0.4) is 0 Å². The number of aromatic nitrogens is 2. The Balaban J connectivity index is 1.71. The van der Waals surface area contributed by atoms with Crippen LogP contribution in [0.25, 0.3) is 55.2 Å². The number of fused-ring (bicyclic) bond motifs is 4. The zero-order valence-electron chi connectivity index (χ0n) is 18.2. The standard InChI is InChI=1S/C28H22FN2O/c1-17-8-11-21-22-12-13-23(29)25(20-10-9-18-6-4-5-7-19(18)16-20)27(22)32-26(21)24(17)28-30(2)14-15-31(28)3/h4-16H,1-3H3/q+1. The number of imidazole rings is 1. The lowest BCUT2D eigenvalue weighted by Crippen LogP contribution is -2.29. The molecule has 4 heteroatoms. The maximum atomic E-state index is 15.2. The number of halogens is 1. The van der Waals surface area contributed by atoms with E-state index in [0.717, 1.165) is 49.6 Å². The summed E-state index contributed by atoms with van der Waals surface area (Å²) in [6.07, 6.45) is 4.05. The van der Waals surface area contributed by atoms with E-state index in [1.54, 1.807) is 6.07 Å². The molecule has 0 aliphatic carbocycles. The largest absolute Gasteiger partial charge is 0.454 e. The van der Waals surface area contributed by atoms with E-state index < -0.39 is 0 Å². The van der Waals surface area contributed by atoms with Crippen LogP contribution in [0.2, 0.25) is 0 Å². The number of hydrogen-bond acceptors (Lipinski definition) is 1. The second-order valence-corrected chi connectivity index (χ2v) is 8.44. The SMILES string of the molecule is Cc1ccc2c(oc3c(-c4ccc5ccccc5c4)c(F)ccc32)c1-c1n(C)cc[n+]1C. The van der Waals surface area contributed by atoms with E-state index >= 15 is 4.39 Å². The van der Waals surface area contributed by atoms with Crippen molar-refractivity contribution in [1.82, 2.24) is 4.57 Å². The van der Waals surface area contributed by atoms with Crippen molar-refractivity contribution in [2.75, 3.05) is 0 Å². The van der Waals surface area contributed by atoms with E-state index in [4.69, 9.17) is 4.42 Å². The summed E-state index contributed by atoms with van der Waals surface area (Å²) >= 11 is 0. The van der Waals surface area contributed by atoms with E-state index in [9.17, 15) is 0 Å². The Kier molecular flexibility index (Phi) is 3.99. The summed E-state index contributed by atoms with van der Waals surface area (Å²) in [6.45, 7) is 2.08. The zero-order chi connectivity index (χ0) is 22.0. The predicted molar refractivity (Wildman–Crippen MR) is 127 cm³/mol. The molecule has 4 aromatic carbocycles. The van der Waals surface area contributed by atoms with Gasteiger partial charge in [-0.15, -0.1) is 0 Å². The molecule has 0 fully saturated rings. The molecule has 0 radical (unpaired) electrons. The molecule has 0 bridgehead atoms. The van der Waals surface area contributed by atoms with Crippen molar-refractivity contribution < 1.29 is 13.4 Å². The van der Waals surface area contributed by atoms with Gasteiger partial charge in [0.05, 0.1) is 19.7 Å². The molecule has 0 saturated heterocycles. The summed E-state index contributed by atoms with van der Waals surface area (Å²) in [4.78, 5) is 0. The Morgan fingerprint density at radius 3 is 2.31 bits per heavy atom. The molecule has 0 unspecified atom stereocenters.